The summed E-state index contributed by atoms with van der Waals surface area (Å²) in [5.41, 5.74) is 9.83. The van der Waals surface area contributed by atoms with Gasteiger partial charge in [-0.15, -0.1) is 11.3 Å². The molecular weight excluding hydrogens is 373 g/mol. The Morgan fingerprint density at radius 1 is 1.12 bits per heavy atom. The molecule has 1 aromatic carbocycles. The molecule has 26 heavy (non-hydrogen) atoms. The van der Waals surface area contributed by atoms with Crippen molar-refractivity contribution in [1.29, 1.82) is 0 Å². The number of nitrogens with one attached hydrogen (secondary N) is 1. The molecule has 0 spiro atoms. The minimum absolute atomic E-state index is 0.0763. The van der Waals surface area contributed by atoms with Crippen LogP contribution in [0.3, 0.4) is 0 Å². The number of carbonyl (C=O) groups excluding carboxylic acids is 3. The number of rotatable bonds is 5. The Kier molecular flexibility index (Phi) is 5.30. The van der Waals surface area contributed by atoms with E-state index in [2.05, 4.69) is 10.3 Å². The predicted octanol–water partition coefficient (Wildman–Crippen LogP) is 1.21. The van der Waals surface area contributed by atoms with Gasteiger partial charge in [0, 0.05) is 5.56 Å². The number of aryl methyl sites for hydroxylation is 1. The summed E-state index contributed by atoms with van der Waals surface area (Å²) < 4.78 is 37.8. The zero-order chi connectivity index (χ0) is 19.6. The van der Waals surface area contributed by atoms with Crippen LogP contribution in [-0.2, 0) is 15.8 Å². The zero-order valence-corrected chi connectivity index (χ0v) is 14.1. The third-order valence-electron chi connectivity index (χ3n) is 3.31. The molecule has 138 valence electrons. The van der Waals surface area contributed by atoms with Gasteiger partial charge in [0.25, 0.3) is 5.91 Å². The Bertz CT molecular complexity index is 848. The van der Waals surface area contributed by atoms with Gasteiger partial charge in [-0.1, -0.05) is 12.1 Å². The van der Waals surface area contributed by atoms with Gasteiger partial charge >= 0.3 is 6.18 Å². The van der Waals surface area contributed by atoms with E-state index in [1.54, 1.807) is 0 Å². The lowest BCUT2D eigenvalue weighted by Gasteiger charge is -2.10. The van der Waals surface area contributed by atoms with Gasteiger partial charge < -0.3 is 16.8 Å². The molecule has 0 atom stereocenters. The summed E-state index contributed by atoms with van der Waals surface area (Å²) in [6, 6.07) is 2.60. The number of nitrogens with two attached hydrogens (primary N) is 2. The van der Waals surface area contributed by atoms with Gasteiger partial charge in [0.05, 0.1) is 11.3 Å². The molecule has 2 aromatic rings. The molecule has 0 radical (unpaired) electrons. The molecule has 1 aromatic heterocycles. The molecule has 0 aliphatic heterocycles. The molecule has 2 rings (SSSR count). The Morgan fingerprint density at radius 3 is 2.12 bits per heavy atom. The van der Waals surface area contributed by atoms with Crippen molar-refractivity contribution in [2.45, 2.75) is 19.1 Å². The number of carbonyl (C=O) groups is 3. The summed E-state index contributed by atoms with van der Waals surface area (Å²) in [5, 5.41) is 2.40. The van der Waals surface area contributed by atoms with E-state index in [0.717, 1.165) is 23.5 Å². The average Bonchev–Trinajstić information content (AvgIpc) is 2.93. The van der Waals surface area contributed by atoms with E-state index < -0.39 is 35.5 Å². The maximum atomic E-state index is 12.6. The van der Waals surface area contributed by atoms with Crippen molar-refractivity contribution in [3.05, 3.63) is 40.4 Å². The monoisotopic (exact) mass is 386 g/mol. The molecule has 7 nitrogen and oxygen atoms in total. The van der Waals surface area contributed by atoms with Crippen LogP contribution >= 0.6 is 11.3 Å². The second-order valence-corrected chi connectivity index (χ2v) is 6.22. The molecule has 11 heteroatoms. The second-order valence-electron chi connectivity index (χ2n) is 5.22. The Morgan fingerprint density at radius 2 is 1.65 bits per heavy atom. The predicted molar refractivity (Wildman–Crippen MR) is 86.9 cm³/mol. The van der Waals surface area contributed by atoms with Crippen molar-refractivity contribution in [3.8, 4) is 10.6 Å². The second kappa shape index (κ2) is 7.12. The van der Waals surface area contributed by atoms with Gasteiger partial charge in [0.15, 0.2) is 6.04 Å². The fourth-order valence-corrected chi connectivity index (χ4v) is 2.99. The number of nitrogens with zero attached hydrogens (tertiary/aromatic N) is 1. The van der Waals surface area contributed by atoms with Crippen LogP contribution in [-0.4, -0.2) is 28.7 Å². The van der Waals surface area contributed by atoms with Crippen molar-refractivity contribution >= 4 is 29.1 Å². The minimum Gasteiger partial charge on any atom is -0.367 e. The molecule has 3 amide bonds. The van der Waals surface area contributed by atoms with Crippen molar-refractivity contribution < 1.29 is 27.6 Å². The summed E-state index contributed by atoms with van der Waals surface area (Å²) in [5.74, 6) is -3.02. The minimum atomic E-state index is -4.46. The molecule has 0 saturated heterocycles. The SMILES string of the molecule is Cc1nc(-c2ccc(C(F)(F)F)cc2)sc1C(=O)NC(C(N)=O)C(N)=O. The molecule has 0 unspecified atom stereocenters. The number of primary amides is 2. The number of alkyl halides is 3. The van der Waals surface area contributed by atoms with Crippen molar-refractivity contribution in [3.63, 3.8) is 0 Å². The molecule has 0 aliphatic carbocycles. The van der Waals surface area contributed by atoms with Gasteiger partial charge in [-0.05, 0) is 19.1 Å². The van der Waals surface area contributed by atoms with E-state index in [1.165, 1.54) is 19.1 Å². The molecular formula is C15H13F3N4O3S. The van der Waals surface area contributed by atoms with Crippen LogP contribution in [0.2, 0.25) is 0 Å². The summed E-state index contributed by atoms with van der Waals surface area (Å²) in [6.45, 7) is 1.50. The van der Waals surface area contributed by atoms with Gasteiger partial charge in [-0.2, -0.15) is 13.2 Å². The summed E-state index contributed by atoms with van der Waals surface area (Å²) >= 11 is 0.891. The first kappa shape index (κ1) is 19.4. The zero-order valence-electron chi connectivity index (χ0n) is 13.3. The first-order valence-electron chi connectivity index (χ1n) is 7.05. The van der Waals surface area contributed by atoms with Crippen LogP contribution in [0.5, 0.6) is 0 Å². The number of aromatic nitrogens is 1. The van der Waals surface area contributed by atoms with Crippen LogP contribution < -0.4 is 16.8 Å². The van der Waals surface area contributed by atoms with E-state index in [-0.39, 0.29) is 10.6 Å². The Balaban J connectivity index is 2.27. The highest BCUT2D eigenvalue weighted by Crippen LogP contribution is 2.32. The van der Waals surface area contributed by atoms with Crippen molar-refractivity contribution in [1.82, 2.24) is 10.3 Å². The van der Waals surface area contributed by atoms with E-state index in [4.69, 9.17) is 11.5 Å². The Labute approximate surface area is 149 Å². The highest BCUT2D eigenvalue weighted by atomic mass is 32.1. The molecule has 1 heterocycles. The highest BCUT2D eigenvalue weighted by Gasteiger charge is 2.30. The highest BCUT2D eigenvalue weighted by molar-refractivity contribution is 7.17. The van der Waals surface area contributed by atoms with E-state index in [0.29, 0.717) is 10.6 Å². The third kappa shape index (κ3) is 4.17. The normalized spacial score (nSPS) is 11.4. The number of hydrogen-bond acceptors (Lipinski definition) is 5. The first-order valence-corrected chi connectivity index (χ1v) is 7.87. The topological polar surface area (TPSA) is 128 Å². The number of thiazole rings is 1. The summed E-state index contributed by atoms with van der Waals surface area (Å²) in [7, 11) is 0. The van der Waals surface area contributed by atoms with Crippen LogP contribution in [0.4, 0.5) is 13.2 Å². The number of benzene rings is 1. The van der Waals surface area contributed by atoms with Crippen molar-refractivity contribution in [2.24, 2.45) is 11.5 Å². The maximum absolute atomic E-state index is 12.6. The molecule has 0 aliphatic rings. The van der Waals surface area contributed by atoms with Crippen molar-refractivity contribution in [2.75, 3.05) is 0 Å². The maximum Gasteiger partial charge on any atom is 0.416 e. The van der Waals surface area contributed by atoms with E-state index >= 15 is 0 Å². The fourth-order valence-electron chi connectivity index (χ4n) is 2.01. The largest absolute Gasteiger partial charge is 0.416 e. The fraction of sp³-hybridized carbons (Fsp3) is 0.200. The average molecular weight is 386 g/mol. The first-order chi connectivity index (χ1) is 12.0. The summed E-state index contributed by atoms with van der Waals surface area (Å²) in [4.78, 5) is 38.7. The molecule has 0 fully saturated rings. The lowest BCUT2D eigenvalue weighted by molar-refractivity contribution is -0.137. The van der Waals surface area contributed by atoms with Crippen LogP contribution in [0, 0.1) is 6.92 Å². The standard InChI is InChI=1S/C15H13F3N4O3S/c1-6-10(13(25)22-9(11(19)23)12(20)24)26-14(21-6)7-2-4-8(5-3-7)15(16,17)18/h2-5,9H,1H3,(H2,19,23)(H2,20,24)(H,22,25). The van der Waals surface area contributed by atoms with E-state index in [9.17, 15) is 27.6 Å². The lowest BCUT2D eigenvalue weighted by Crippen LogP contribution is -2.52. The molecule has 5 N–H and O–H groups in total. The quantitative estimate of drug-likeness (QED) is 0.667. The Hall–Kier alpha value is -2.95. The van der Waals surface area contributed by atoms with Gasteiger partial charge in [-0.3, -0.25) is 14.4 Å². The molecule has 0 bridgehead atoms. The number of hydrogen-bond donors (Lipinski definition) is 3. The van der Waals surface area contributed by atoms with Crippen LogP contribution in [0.25, 0.3) is 10.6 Å². The van der Waals surface area contributed by atoms with Crippen LogP contribution in [0.1, 0.15) is 20.9 Å². The van der Waals surface area contributed by atoms with Gasteiger partial charge in [0.1, 0.15) is 9.88 Å². The van der Waals surface area contributed by atoms with E-state index in [1.807, 2.05) is 0 Å². The van der Waals surface area contributed by atoms with Gasteiger partial charge in [0.2, 0.25) is 11.8 Å². The lowest BCUT2D eigenvalue weighted by atomic mass is 10.1. The molecule has 0 saturated carbocycles. The smallest absolute Gasteiger partial charge is 0.367 e. The number of halogens is 3. The summed E-state index contributed by atoms with van der Waals surface area (Å²) in [6.07, 6.45) is -4.46. The number of amides is 3. The van der Waals surface area contributed by atoms with Gasteiger partial charge in [-0.25, -0.2) is 4.98 Å². The third-order valence-corrected chi connectivity index (χ3v) is 4.51. The van der Waals surface area contributed by atoms with Crippen LogP contribution in [0.15, 0.2) is 24.3 Å².